The second-order valence-electron chi connectivity index (χ2n) is 9.13. The number of carbonyl (C=O) groups excluding carboxylic acids is 4. The van der Waals surface area contributed by atoms with Gasteiger partial charge in [-0.1, -0.05) is 63.2 Å². The third kappa shape index (κ3) is 10.9. The van der Waals surface area contributed by atoms with Crippen molar-refractivity contribution in [2.75, 3.05) is 10.6 Å². The molecule has 1 fully saturated rings. The van der Waals surface area contributed by atoms with Crippen molar-refractivity contribution >= 4 is 35.9 Å². The van der Waals surface area contributed by atoms with Gasteiger partial charge in [-0.05, 0) is 59.4 Å². The minimum absolute atomic E-state index is 0.245. The largest absolute Gasteiger partial charge is 0.381 e. The van der Waals surface area contributed by atoms with Crippen molar-refractivity contribution in [1.29, 1.82) is 0 Å². The molecule has 4 rings (SSSR count). The predicted molar refractivity (Wildman–Crippen MR) is 163 cm³/mol. The Kier molecular flexibility index (Phi) is 14.3. The lowest BCUT2D eigenvalue weighted by molar-refractivity contribution is -0.134. The molecule has 1 heterocycles. The van der Waals surface area contributed by atoms with Crippen LogP contribution in [-0.2, 0) is 40.4 Å². The van der Waals surface area contributed by atoms with E-state index in [0.717, 1.165) is 41.8 Å². The molecular weight excluding hydrogens is 518 g/mol. The van der Waals surface area contributed by atoms with E-state index in [2.05, 4.69) is 58.2 Å². The average Bonchev–Trinajstić information content (AvgIpc) is 3.01. The summed E-state index contributed by atoms with van der Waals surface area (Å²) in [6.07, 6.45) is 2.89. The molecule has 218 valence electrons. The van der Waals surface area contributed by atoms with E-state index in [4.69, 9.17) is 4.79 Å². The summed E-state index contributed by atoms with van der Waals surface area (Å²) < 4.78 is 0. The Bertz CT molecular complexity index is 1260. The fourth-order valence-electron chi connectivity index (χ4n) is 4.17. The molecule has 9 heteroatoms. The minimum atomic E-state index is -0.438. The zero-order chi connectivity index (χ0) is 30.0. The van der Waals surface area contributed by atoms with Crippen molar-refractivity contribution in [3.63, 3.8) is 0 Å². The number of imide groups is 1. The number of carbonyl (C=O) groups is 4. The van der Waals surface area contributed by atoms with Gasteiger partial charge in [0.15, 0.2) is 0 Å². The first-order valence-electron chi connectivity index (χ1n) is 13.9. The maximum atomic E-state index is 12.0. The standard InChI is InChI=1S/C29H32N4O3.C2H6.CH3NO/c1-2-20-3-5-21(6-4-20)16-30-25-9-11-26(12-10-25)31-17-22-7-8-23(19-34)24(15-22)18-32-27-13-14-28(35)33-29(27)36;1-2;2-1-3/h3-12,15,19,27,30-32H,2,13-14,16-18H2,1H3,(H,33,35,36);1-2H3;1H,(H2,2,3). The number of anilines is 2. The smallest absolute Gasteiger partial charge is 0.243 e. The van der Waals surface area contributed by atoms with Gasteiger partial charge < -0.3 is 21.7 Å². The maximum absolute atomic E-state index is 12.0. The van der Waals surface area contributed by atoms with E-state index >= 15 is 0 Å². The van der Waals surface area contributed by atoms with Crippen LogP contribution in [0.4, 0.5) is 11.4 Å². The quantitative estimate of drug-likeness (QED) is 0.174. The van der Waals surface area contributed by atoms with Crippen molar-refractivity contribution in [2.24, 2.45) is 5.73 Å². The topological polar surface area (TPSA) is 142 Å². The van der Waals surface area contributed by atoms with Crippen LogP contribution in [0.25, 0.3) is 0 Å². The highest BCUT2D eigenvalue weighted by atomic mass is 16.2. The molecule has 1 unspecified atom stereocenters. The van der Waals surface area contributed by atoms with E-state index in [-0.39, 0.29) is 18.2 Å². The molecule has 0 radical (unpaired) electrons. The second kappa shape index (κ2) is 18.0. The van der Waals surface area contributed by atoms with E-state index in [0.29, 0.717) is 31.5 Å². The summed E-state index contributed by atoms with van der Waals surface area (Å²) in [7, 11) is 0. The van der Waals surface area contributed by atoms with Crippen LogP contribution in [0.2, 0.25) is 0 Å². The molecule has 1 atom stereocenters. The van der Waals surface area contributed by atoms with Gasteiger partial charge in [-0.15, -0.1) is 0 Å². The highest BCUT2D eigenvalue weighted by Crippen LogP contribution is 2.18. The van der Waals surface area contributed by atoms with E-state index in [1.165, 1.54) is 11.1 Å². The molecule has 0 saturated carbocycles. The number of nitrogens with one attached hydrogen (secondary N) is 4. The van der Waals surface area contributed by atoms with E-state index in [1.807, 2.05) is 50.2 Å². The third-order valence-corrected chi connectivity index (χ3v) is 6.42. The van der Waals surface area contributed by atoms with Crippen LogP contribution in [0, 0.1) is 0 Å². The van der Waals surface area contributed by atoms with Crippen LogP contribution in [0.1, 0.15) is 66.2 Å². The summed E-state index contributed by atoms with van der Waals surface area (Å²) in [5.41, 5.74) is 11.2. The summed E-state index contributed by atoms with van der Waals surface area (Å²) in [6.45, 7) is 7.90. The first-order chi connectivity index (χ1) is 19.9. The molecule has 0 bridgehead atoms. The van der Waals surface area contributed by atoms with Gasteiger partial charge in [0.25, 0.3) is 0 Å². The fourth-order valence-corrected chi connectivity index (χ4v) is 4.17. The summed E-state index contributed by atoms with van der Waals surface area (Å²) in [4.78, 5) is 43.4. The van der Waals surface area contributed by atoms with Gasteiger partial charge in [0.05, 0.1) is 6.04 Å². The Morgan fingerprint density at radius 1 is 0.829 bits per heavy atom. The summed E-state index contributed by atoms with van der Waals surface area (Å²) in [5, 5.41) is 12.4. The zero-order valence-corrected chi connectivity index (χ0v) is 24.0. The van der Waals surface area contributed by atoms with Crippen molar-refractivity contribution < 1.29 is 19.2 Å². The highest BCUT2D eigenvalue weighted by molar-refractivity contribution is 6.00. The molecule has 0 aromatic heterocycles. The van der Waals surface area contributed by atoms with Crippen molar-refractivity contribution in [2.45, 2.75) is 65.7 Å². The number of nitrogens with two attached hydrogens (primary N) is 1. The molecule has 6 N–H and O–H groups in total. The van der Waals surface area contributed by atoms with Crippen LogP contribution in [0.15, 0.2) is 66.7 Å². The van der Waals surface area contributed by atoms with Gasteiger partial charge in [0, 0.05) is 43.0 Å². The maximum Gasteiger partial charge on any atom is 0.243 e. The van der Waals surface area contributed by atoms with Crippen LogP contribution in [-0.4, -0.2) is 30.6 Å². The second-order valence-corrected chi connectivity index (χ2v) is 9.13. The average molecular weight is 560 g/mol. The van der Waals surface area contributed by atoms with Crippen molar-refractivity contribution in [3.05, 3.63) is 94.5 Å². The number of benzene rings is 3. The van der Waals surface area contributed by atoms with E-state index in [1.54, 1.807) is 6.07 Å². The molecule has 3 aromatic rings. The van der Waals surface area contributed by atoms with Crippen molar-refractivity contribution in [1.82, 2.24) is 10.6 Å². The molecule has 3 aromatic carbocycles. The SMILES string of the molecule is CC.CCc1ccc(CNc2ccc(NCc3ccc(C=O)c(CNC4CCC(=O)NC4=O)c3)cc2)cc1.NC=O. The van der Waals surface area contributed by atoms with Crippen LogP contribution in [0.3, 0.4) is 0 Å². The number of amides is 3. The molecule has 1 aliphatic rings. The van der Waals surface area contributed by atoms with Crippen molar-refractivity contribution in [3.8, 4) is 0 Å². The number of hydrogen-bond donors (Lipinski definition) is 5. The number of piperidine rings is 1. The summed E-state index contributed by atoms with van der Waals surface area (Å²) >= 11 is 0. The zero-order valence-electron chi connectivity index (χ0n) is 24.0. The lowest BCUT2D eigenvalue weighted by atomic mass is 10.0. The number of primary amides is 1. The van der Waals surface area contributed by atoms with Crippen LogP contribution in [0.5, 0.6) is 0 Å². The number of rotatable bonds is 11. The van der Waals surface area contributed by atoms with E-state index < -0.39 is 6.04 Å². The Labute approximate surface area is 242 Å². The lowest BCUT2D eigenvalue weighted by Crippen LogP contribution is -2.50. The fraction of sp³-hybridized carbons (Fsp3) is 0.312. The van der Waals surface area contributed by atoms with Gasteiger partial charge in [0.1, 0.15) is 6.29 Å². The number of aryl methyl sites for hydroxylation is 1. The Hall–Kier alpha value is -4.50. The van der Waals surface area contributed by atoms with Gasteiger partial charge in [-0.2, -0.15) is 0 Å². The predicted octanol–water partition coefficient (Wildman–Crippen LogP) is 4.31. The van der Waals surface area contributed by atoms with Crippen LogP contribution < -0.4 is 27.0 Å². The lowest BCUT2D eigenvalue weighted by Gasteiger charge is -2.22. The monoisotopic (exact) mass is 559 g/mol. The Balaban J connectivity index is 0.00000110. The minimum Gasteiger partial charge on any atom is -0.381 e. The van der Waals surface area contributed by atoms with Gasteiger partial charge in [-0.25, -0.2) is 0 Å². The Morgan fingerprint density at radius 2 is 1.37 bits per heavy atom. The van der Waals surface area contributed by atoms with Crippen LogP contribution >= 0.6 is 0 Å². The molecular formula is C32H41N5O4. The number of hydrogen-bond acceptors (Lipinski definition) is 7. The normalized spacial score (nSPS) is 13.9. The molecule has 3 amide bonds. The molecule has 1 saturated heterocycles. The van der Waals surface area contributed by atoms with Gasteiger partial charge in [0.2, 0.25) is 18.2 Å². The summed E-state index contributed by atoms with van der Waals surface area (Å²) in [5.74, 6) is -0.561. The van der Waals surface area contributed by atoms with Gasteiger partial charge >= 0.3 is 0 Å². The van der Waals surface area contributed by atoms with E-state index in [9.17, 15) is 14.4 Å². The highest BCUT2D eigenvalue weighted by Gasteiger charge is 2.26. The molecule has 9 nitrogen and oxygen atoms in total. The Morgan fingerprint density at radius 3 is 1.90 bits per heavy atom. The third-order valence-electron chi connectivity index (χ3n) is 6.42. The summed E-state index contributed by atoms with van der Waals surface area (Å²) in [6, 6.07) is 22.1. The number of aldehydes is 1. The molecule has 41 heavy (non-hydrogen) atoms. The first-order valence-corrected chi connectivity index (χ1v) is 13.9. The molecule has 1 aliphatic heterocycles. The van der Waals surface area contributed by atoms with Gasteiger partial charge in [-0.3, -0.25) is 24.5 Å². The molecule has 0 spiro atoms. The first kappa shape index (κ1) is 32.7. The molecule has 0 aliphatic carbocycles.